The van der Waals surface area contributed by atoms with Crippen LogP contribution < -0.4 is 0 Å². The molecule has 1 aromatic rings. The molecule has 0 heterocycles. The van der Waals surface area contributed by atoms with Gasteiger partial charge in [0.05, 0.1) is 0 Å². The maximum absolute atomic E-state index is 6.12. The fraction of sp³-hybridized carbons (Fsp3) is 0.529. The average Bonchev–Trinajstić information content (AvgIpc) is 2.48. The Balaban J connectivity index is 2.37. The Morgan fingerprint density at radius 3 is 2.65 bits per heavy atom. The monoisotopic (exact) mass is 291 g/mol. The van der Waals surface area contributed by atoms with Crippen LogP contribution in [0.25, 0.3) is 6.08 Å². The van der Waals surface area contributed by atoms with Gasteiger partial charge in [0, 0.05) is 19.8 Å². The molecule has 0 amide bonds. The lowest BCUT2D eigenvalue weighted by molar-refractivity contribution is 0.157. The van der Waals surface area contributed by atoms with Gasteiger partial charge in [-0.25, -0.2) is 0 Å². The number of hydrogen-bond acceptors (Lipinski definition) is 2. The molecule has 0 N–H and O–H groups in total. The van der Waals surface area contributed by atoms with Crippen molar-refractivity contribution in [1.29, 1.82) is 0 Å². The second-order valence-corrected chi connectivity index (χ2v) is 7.10. The molecule has 0 atom stereocenters. The van der Waals surface area contributed by atoms with Crippen LogP contribution in [-0.2, 0) is 15.6 Å². The van der Waals surface area contributed by atoms with Gasteiger partial charge in [-0.2, -0.15) is 0 Å². The van der Waals surface area contributed by atoms with E-state index in [2.05, 4.69) is 37.8 Å². The molecule has 0 aromatic heterocycles. The lowest BCUT2D eigenvalue weighted by Gasteiger charge is -2.15. The van der Waals surface area contributed by atoms with Crippen LogP contribution in [0.4, 0.5) is 0 Å². The van der Waals surface area contributed by atoms with Crippen molar-refractivity contribution in [3.8, 4) is 0 Å². The summed E-state index contributed by atoms with van der Waals surface area (Å²) in [6.45, 7) is 10.6. The van der Waals surface area contributed by atoms with Gasteiger partial charge >= 0.3 is 0 Å². The third kappa shape index (κ3) is 6.50. The molecular weight excluding hydrogens is 264 g/mol. The lowest BCUT2D eigenvalue weighted by atomic mass is 10.1. The second kappa shape index (κ2) is 10.8. The summed E-state index contributed by atoms with van der Waals surface area (Å²) in [6, 6.07) is 10.7. The minimum Gasteiger partial charge on any atom is -0.416 e. The fourth-order valence-electron chi connectivity index (χ4n) is 2.14. The maximum atomic E-state index is 6.12. The highest BCUT2D eigenvalue weighted by Crippen LogP contribution is 2.12. The lowest BCUT2D eigenvalue weighted by Crippen LogP contribution is -2.21. The zero-order chi connectivity index (χ0) is 14.6. The van der Waals surface area contributed by atoms with E-state index in [-0.39, 0.29) is 0 Å². The molecule has 0 aliphatic carbocycles. The summed E-state index contributed by atoms with van der Waals surface area (Å²) >= 11 is 0. The number of ether oxygens (including phenoxy) is 1. The number of benzene rings is 1. The quantitative estimate of drug-likeness (QED) is 0.446. The standard InChI is InChI=1S/C17H27O2Si/c1-4-14-20(15-13-18-6-3)19-12-11-17-10-8-7-9-16(17)5-2/h5,7-10H,2,4,6,11-15H2,1,3H3. The van der Waals surface area contributed by atoms with Gasteiger partial charge < -0.3 is 9.16 Å². The molecule has 0 bridgehead atoms. The molecule has 0 unspecified atom stereocenters. The first kappa shape index (κ1) is 17.1. The third-order valence-corrected chi connectivity index (χ3v) is 5.64. The number of hydrogen-bond donors (Lipinski definition) is 0. The van der Waals surface area contributed by atoms with Crippen molar-refractivity contribution in [2.24, 2.45) is 0 Å². The van der Waals surface area contributed by atoms with Crippen LogP contribution in [0, 0.1) is 0 Å². The Labute approximate surface area is 125 Å². The predicted molar refractivity (Wildman–Crippen MR) is 88.3 cm³/mol. The summed E-state index contributed by atoms with van der Waals surface area (Å²) in [7, 11) is -0.708. The first-order chi connectivity index (χ1) is 9.81. The molecule has 0 saturated carbocycles. The average molecular weight is 291 g/mol. The van der Waals surface area contributed by atoms with Crippen molar-refractivity contribution in [2.45, 2.75) is 38.8 Å². The van der Waals surface area contributed by atoms with Gasteiger partial charge in [-0.3, -0.25) is 0 Å². The van der Waals surface area contributed by atoms with Gasteiger partial charge in [0.2, 0.25) is 9.04 Å². The highest BCUT2D eigenvalue weighted by atomic mass is 28.3. The van der Waals surface area contributed by atoms with E-state index in [0.717, 1.165) is 32.3 Å². The van der Waals surface area contributed by atoms with E-state index in [9.17, 15) is 0 Å². The van der Waals surface area contributed by atoms with Gasteiger partial charge in [0.25, 0.3) is 0 Å². The zero-order valence-corrected chi connectivity index (χ0v) is 13.9. The summed E-state index contributed by atoms with van der Waals surface area (Å²) in [5.74, 6) is 0. The van der Waals surface area contributed by atoms with E-state index in [0.29, 0.717) is 0 Å². The fourth-order valence-corrected chi connectivity index (χ4v) is 4.00. The van der Waals surface area contributed by atoms with Crippen LogP contribution in [0.15, 0.2) is 30.8 Å². The minimum absolute atomic E-state index is 0.708. The Kier molecular flexibility index (Phi) is 9.29. The Bertz CT molecular complexity index is 379. The molecular formula is C17H27O2Si. The zero-order valence-electron chi connectivity index (χ0n) is 12.9. The van der Waals surface area contributed by atoms with Crippen molar-refractivity contribution in [3.05, 3.63) is 42.0 Å². The number of rotatable bonds is 11. The van der Waals surface area contributed by atoms with E-state index in [1.54, 1.807) is 0 Å². The molecule has 2 nitrogen and oxygen atoms in total. The molecule has 1 aromatic carbocycles. The van der Waals surface area contributed by atoms with E-state index in [1.807, 2.05) is 13.0 Å². The maximum Gasteiger partial charge on any atom is 0.213 e. The van der Waals surface area contributed by atoms with E-state index < -0.39 is 9.04 Å². The van der Waals surface area contributed by atoms with Gasteiger partial charge in [0.15, 0.2) is 0 Å². The molecule has 0 spiro atoms. The Morgan fingerprint density at radius 1 is 1.15 bits per heavy atom. The Hall–Kier alpha value is -0.903. The molecule has 3 heteroatoms. The van der Waals surface area contributed by atoms with Gasteiger partial charge in [-0.15, -0.1) is 0 Å². The van der Waals surface area contributed by atoms with Crippen LogP contribution in [0.5, 0.6) is 0 Å². The molecule has 111 valence electrons. The topological polar surface area (TPSA) is 18.5 Å². The first-order valence-corrected chi connectivity index (χ1v) is 9.39. The SMILES string of the molecule is C=Cc1ccccc1CCO[Si](CCC)CCOCC. The highest BCUT2D eigenvalue weighted by Gasteiger charge is 2.12. The molecule has 0 saturated heterocycles. The minimum atomic E-state index is -0.708. The molecule has 0 aliphatic rings. The van der Waals surface area contributed by atoms with E-state index in [1.165, 1.54) is 23.6 Å². The largest absolute Gasteiger partial charge is 0.416 e. The van der Waals surface area contributed by atoms with Crippen LogP contribution >= 0.6 is 0 Å². The summed E-state index contributed by atoms with van der Waals surface area (Å²) in [6.07, 6.45) is 4.08. The van der Waals surface area contributed by atoms with Crippen LogP contribution in [-0.4, -0.2) is 28.9 Å². The molecule has 0 fully saturated rings. The third-order valence-electron chi connectivity index (χ3n) is 3.21. The van der Waals surface area contributed by atoms with Gasteiger partial charge in [-0.1, -0.05) is 50.3 Å². The van der Waals surface area contributed by atoms with E-state index >= 15 is 0 Å². The first-order valence-electron chi connectivity index (χ1n) is 7.57. The summed E-state index contributed by atoms with van der Waals surface area (Å²) < 4.78 is 11.6. The molecule has 1 radical (unpaired) electrons. The van der Waals surface area contributed by atoms with Crippen LogP contribution in [0.2, 0.25) is 12.1 Å². The van der Waals surface area contributed by atoms with Crippen LogP contribution in [0.1, 0.15) is 31.4 Å². The Morgan fingerprint density at radius 2 is 1.95 bits per heavy atom. The molecule has 20 heavy (non-hydrogen) atoms. The van der Waals surface area contributed by atoms with Crippen molar-refractivity contribution in [3.63, 3.8) is 0 Å². The molecule has 1 rings (SSSR count). The van der Waals surface area contributed by atoms with Crippen molar-refractivity contribution in [2.75, 3.05) is 19.8 Å². The van der Waals surface area contributed by atoms with Crippen LogP contribution in [0.3, 0.4) is 0 Å². The van der Waals surface area contributed by atoms with Gasteiger partial charge in [-0.05, 0) is 36.6 Å². The summed E-state index contributed by atoms with van der Waals surface area (Å²) in [5.41, 5.74) is 2.54. The van der Waals surface area contributed by atoms with Crippen molar-refractivity contribution in [1.82, 2.24) is 0 Å². The van der Waals surface area contributed by atoms with Crippen molar-refractivity contribution < 1.29 is 9.16 Å². The van der Waals surface area contributed by atoms with Crippen molar-refractivity contribution >= 4 is 15.1 Å². The van der Waals surface area contributed by atoms with E-state index in [4.69, 9.17) is 9.16 Å². The predicted octanol–water partition coefficient (Wildman–Crippen LogP) is 4.33. The highest BCUT2D eigenvalue weighted by molar-refractivity contribution is 6.51. The van der Waals surface area contributed by atoms with Gasteiger partial charge in [0.1, 0.15) is 0 Å². The normalized spacial score (nSPS) is 10.9. The second-order valence-electron chi connectivity index (χ2n) is 4.74. The summed E-state index contributed by atoms with van der Waals surface area (Å²) in [5, 5.41) is 0. The molecule has 0 aliphatic heterocycles. The summed E-state index contributed by atoms with van der Waals surface area (Å²) in [4.78, 5) is 0. The smallest absolute Gasteiger partial charge is 0.213 e.